The highest BCUT2D eigenvalue weighted by Gasteiger charge is 2.06. The second kappa shape index (κ2) is 8.03. The van der Waals surface area contributed by atoms with Gasteiger partial charge in [0.05, 0.1) is 7.11 Å². The van der Waals surface area contributed by atoms with Gasteiger partial charge in [0.15, 0.2) is 11.5 Å². The third-order valence-electron chi connectivity index (χ3n) is 3.28. The van der Waals surface area contributed by atoms with Crippen LogP contribution in [-0.4, -0.2) is 32.0 Å². The third kappa shape index (κ3) is 4.88. The summed E-state index contributed by atoms with van der Waals surface area (Å²) >= 11 is 0. The van der Waals surface area contributed by atoms with Gasteiger partial charge in [-0.3, -0.25) is 4.79 Å². The summed E-state index contributed by atoms with van der Waals surface area (Å²) in [5.74, 6) is 1.25. The SMILES string of the molecule is COc1cc(/C=C/C(=O)N(C)C)ccc1OCc1ccccc1. The van der Waals surface area contributed by atoms with Gasteiger partial charge < -0.3 is 14.4 Å². The Morgan fingerprint density at radius 2 is 1.83 bits per heavy atom. The molecule has 0 aliphatic heterocycles. The highest BCUT2D eigenvalue weighted by molar-refractivity contribution is 5.91. The van der Waals surface area contributed by atoms with E-state index in [0.717, 1.165) is 11.1 Å². The van der Waals surface area contributed by atoms with Crippen LogP contribution in [0, 0.1) is 0 Å². The molecule has 0 radical (unpaired) electrons. The number of likely N-dealkylation sites (N-methyl/N-ethyl adjacent to an activating group) is 1. The fourth-order valence-electron chi connectivity index (χ4n) is 1.96. The number of ether oxygens (including phenoxy) is 2. The van der Waals surface area contributed by atoms with Gasteiger partial charge in [0.2, 0.25) is 5.91 Å². The Bertz CT molecular complexity index is 678. The molecule has 2 aromatic rings. The van der Waals surface area contributed by atoms with Crippen molar-refractivity contribution >= 4 is 12.0 Å². The molecule has 120 valence electrons. The van der Waals surface area contributed by atoms with E-state index < -0.39 is 0 Å². The normalized spacial score (nSPS) is 10.6. The maximum atomic E-state index is 11.6. The Hall–Kier alpha value is -2.75. The van der Waals surface area contributed by atoms with Crippen molar-refractivity contribution in [1.29, 1.82) is 0 Å². The van der Waals surface area contributed by atoms with Crippen LogP contribution < -0.4 is 9.47 Å². The predicted octanol–water partition coefficient (Wildman–Crippen LogP) is 3.38. The molecule has 0 unspecified atom stereocenters. The first kappa shape index (κ1) is 16.6. The van der Waals surface area contributed by atoms with Gasteiger partial charge in [-0.15, -0.1) is 0 Å². The summed E-state index contributed by atoms with van der Waals surface area (Å²) in [7, 11) is 5.03. The zero-order chi connectivity index (χ0) is 16.7. The number of benzene rings is 2. The second-order valence-electron chi connectivity index (χ2n) is 5.25. The van der Waals surface area contributed by atoms with Crippen LogP contribution in [0.2, 0.25) is 0 Å². The molecule has 23 heavy (non-hydrogen) atoms. The highest BCUT2D eigenvalue weighted by atomic mass is 16.5. The second-order valence-corrected chi connectivity index (χ2v) is 5.25. The van der Waals surface area contributed by atoms with Crippen LogP contribution in [0.3, 0.4) is 0 Å². The molecule has 0 saturated carbocycles. The molecule has 1 amide bonds. The molecule has 2 rings (SSSR count). The summed E-state index contributed by atoms with van der Waals surface area (Å²) in [5, 5.41) is 0. The van der Waals surface area contributed by atoms with Gasteiger partial charge in [0.25, 0.3) is 0 Å². The lowest BCUT2D eigenvalue weighted by Gasteiger charge is -2.11. The number of amides is 1. The molecule has 0 N–H and O–H groups in total. The van der Waals surface area contributed by atoms with E-state index in [1.54, 1.807) is 27.3 Å². The lowest BCUT2D eigenvalue weighted by molar-refractivity contribution is -0.123. The Morgan fingerprint density at radius 1 is 1.09 bits per heavy atom. The summed E-state index contributed by atoms with van der Waals surface area (Å²) in [5.41, 5.74) is 1.97. The summed E-state index contributed by atoms with van der Waals surface area (Å²) in [6.45, 7) is 0.478. The van der Waals surface area contributed by atoms with Crippen LogP contribution in [-0.2, 0) is 11.4 Å². The molecular weight excluding hydrogens is 290 g/mol. The van der Waals surface area contributed by atoms with Gasteiger partial charge >= 0.3 is 0 Å². The summed E-state index contributed by atoms with van der Waals surface area (Å²) in [6, 6.07) is 15.5. The van der Waals surface area contributed by atoms with Crippen molar-refractivity contribution in [3.05, 3.63) is 65.7 Å². The number of hydrogen-bond donors (Lipinski definition) is 0. The lowest BCUT2D eigenvalue weighted by Crippen LogP contribution is -2.18. The van der Waals surface area contributed by atoms with Crippen molar-refractivity contribution in [3.8, 4) is 11.5 Å². The molecule has 4 nitrogen and oxygen atoms in total. The average Bonchev–Trinajstić information content (AvgIpc) is 2.58. The summed E-state index contributed by atoms with van der Waals surface area (Å²) < 4.78 is 11.2. The van der Waals surface area contributed by atoms with Crippen LogP contribution in [0.5, 0.6) is 11.5 Å². The van der Waals surface area contributed by atoms with Gasteiger partial charge in [0.1, 0.15) is 6.61 Å². The first-order chi connectivity index (χ1) is 11.1. The topological polar surface area (TPSA) is 38.8 Å². The van der Waals surface area contributed by atoms with Crippen molar-refractivity contribution in [3.63, 3.8) is 0 Å². The van der Waals surface area contributed by atoms with E-state index >= 15 is 0 Å². The predicted molar refractivity (Wildman–Crippen MR) is 91.5 cm³/mol. The Labute approximate surface area is 137 Å². The van der Waals surface area contributed by atoms with Crippen molar-refractivity contribution in [2.24, 2.45) is 0 Å². The van der Waals surface area contributed by atoms with Crippen molar-refractivity contribution < 1.29 is 14.3 Å². The van der Waals surface area contributed by atoms with Gasteiger partial charge in [-0.05, 0) is 29.3 Å². The zero-order valence-electron chi connectivity index (χ0n) is 13.7. The molecule has 2 aromatic carbocycles. The number of hydrogen-bond acceptors (Lipinski definition) is 3. The Kier molecular flexibility index (Phi) is 5.80. The smallest absolute Gasteiger partial charge is 0.246 e. The van der Waals surface area contributed by atoms with Crippen molar-refractivity contribution in [2.45, 2.75) is 6.61 Å². The number of carbonyl (C=O) groups is 1. The molecule has 0 aliphatic rings. The Balaban J connectivity index is 2.08. The van der Waals surface area contributed by atoms with Crippen molar-refractivity contribution in [2.75, 3.05) is 21.2 Å². The number of carbonyl (C=O) groups excluding carboxylic acids is 1. The Morgan fingerprint density at radius 3 is 2.48 bits per heavy atom. The molecule has 0 aromatic heterocycles. The minimum absolute atomic E-state index is 0.0617. The molecule has 0 aliphatic carbocycles. The van der Waals surface area contributed by atoms with E-state index in [0.29, 0.717) is 18.1 Å². The molecule has 4 heteroatoms. The summed E-state index contributed by atoms with van der Waals surface area (Å²) in [4.78, 5) is 13.1. The maximum absolute atomic E-state index is 11.6. The van der Waals surface area contributed by atoms with E-state index in [2.05, 4.69) is 0 Å². The number of methoxy groups -OCH3 is 1. The maximum Gasteiger partial charge on any atom is 0.246 e. The minimum atomic E-state index is -0.0617. The van der Waals surface area contributed by atoms with Crippen LogP contribution >= 0.6 is 0 Å². The van der Waals surface area contributed by atoms with E-state index in [9.17, 15) is 4.79 Å². The fraction of sp³-hybridized carbons (Fsp3) is 0.211. The minimum Gasteiger partial charge on any atom is -0.493 e. The molecular formula is C19H21NO3. The van der Waals surface area contributed by atoms with Gasteiger partial charge in [0, 0.05) is 20.2 Å². The quantitative estimate of drug-likeness (QED) is 0.768. The van der Waals surface area contributed by atoms with Crippen LogP contribution in [0.15, 0.2) is 54.6 Å². The standard InChI is InChI=1S/C19H21NO3/c1-20(2)19(21)12-10-15-9-11-17(18(13-15)22-3)23-14-16-7-5-4-6-8-16/h4-13H,14H2,1-3H3/b12-10+. The first-order valence-corrected chi connectivity index (χ1v) is 7.34. The molecule has 0 atom stereocenters. The van der Waals surface area contributed by atoms with E-state index in [-0.39, 0.29) is 5.91 Å². The van der Waals surface area contributed by atoms with Gasteiger partial charge in [-0.2, -0.15) is 0 Å². The van der Waals surface area contributed by atoms with Crippen LogP contribution in [0.4, 0.5) is 0 Å². The van der Waals surface area contributed by atoms with E-state index in [1.807, 2.05) is 48.5 Å². The third-order valence-corrected chi connectivity index (χ3v) is 3.28. The lowest BCUT2D eigenvalue weighted by atomic mass is 10.2. The average molecular weight is 311 g/mol. The zero-order valence-corrected chi connectivity index (χ0v) is 13.7. The molecule has 0 fully saturated rings. The largest absolute Gasteiger partial charge is 0.493 e. The van der Waals surface area contributed by atoms with Crippen LogP contribution in [0.1, 0.15) is 11.1 Å². The monoisotopic (exact) mass is 311 g/mol. The number of nitrogens with zero attached hydrogens (tertiary/aromatic N) is 1. The van der Waals surface area contributed by atoms with Crippen LogP contribution in [0.25, 0.3) is 6.08 Å². The molecule has 0 heterocycles. The van der Waals surface area contributed by atoms with E-state index in [4.69, 9.17) is 9.47 Å². The van der Waals surface area contributed by atoms with E-state index in [1.165, 1.54) is 11.0 Å². The molecule has 0 bridgehead atoms. The van der Waals surface area contributed by atoms with Gasteiger partial charge in [-0.25, -0.2) is 0 Å². The highest BCUT2D eigenvalue weighted by Crippen LogP contribution is 2.29. The molecule has 0 saturated heterocycles. The summed E-state index contributed by atoms with van der Waals surface area (Å²) in [6.07, 6.45) is 3.28. The van der Waals surface area contributed by atoms with Gasteiger partial charge in [-0.1, -0.05) is 36.4 Å². The van der Waals surface area contributed by atoms with Crippen molar-refractivity contribution in [1.82, 2.24) is 4.90 Å². The molecule has 0 spiro atoms. The fourth-order valence-corrected chi connectivity index (χ4v) is 1.96. The number of rotatable bonds is 6. The first-order valence-electron chi connectivity index (χ1n) is 7.34.